The Morgan fingerprint density at radius 1 is 1.42 bits per heavy atom. The fourth-order valence-corrected chi connectivity index (χ4v) is 1.61. The number of likely N-dealkylation sites (tertiary alicyclic amines) is 1. The molecule has 0 unspecified atom stereocenters. The van der Waals surface area contributed by atoms with Crippen LogP contribution in [0.5, 0.6) is 0 Å². The van der Waals surface area contributed by atoms with Crippen molar-refractivity contribution in [2.24, 2.45) is 11.5 Å². The molecule has 0 spiro atoms. The third kappa shape index (κ3) is 2.86. The van der Waals surface area contributed by atoms with Crippen molar-refractivity contribution in [3.63, 3.8) is 0 Å². The Kier molecular flexibility index (Phi) is 5.74. The van der Waals surface area contributed by atoms with E-state index < -0.39 is 6.17 Å². The Morgan fingerprint density at radius 2 is 2.08 bits per heavy atom. The molecule has 0 aromatic rings. The normalized spacial score (nSPS) is 30.2. The second-order valence-electron chi connectivity index (χ2n) is 3.01. The smallest absolute Gasteiger partial charge is 0.114 e. The van der Waals surface area contributed by atoms with E-state index in [4.69, 9.17) is 11.5 Å². The molecule has 0 aromatic heterocycles. The maximum absolute atomic E-state index is 12.8. The molecule has 1 heterocycles. The summed E-state index contributed by atoms with van der Waals surface area (Å²) in [7, 11) is 0. The Labute approximate surface area is 78.7 Å². The van der Waals surface area contributed by atoms with Crippen LogP contribution in [0.25, 0.3) is 0 Å². The predicted molar refractivity (Wildman–Crippen MR) is 50.2 cm³/mol. The summed E-state index contributed by atoms with van der Waals surface area (Å²) in [6.45, 7) is 2.41. The molecule has 2 atom stereocenters. The highest BCUT2D eigenvalue weighted by molar-refractivity contribution is 5.85. The summed E-state index contributed by atoms with van der Waals surface area (Å²) in [5.41, 5.74) is 10.8. The molecule has 0 aromatic carbocycles. The minimum atomic E-state index is -0.699. The molecular weight excluding hydrogens is 181 g/mol. The van der Waals surface area contributed by atoms with E-state index in [9.17, 15) is 4.39 Å². The molecular formula is C7H17ClFN3. The lowest BCUT2D eigenvalue weighted by molar-refractivity contribution is 0.253. The molecule has 3 nitrogen and oxygen atoms in total. The molecule has 1 rings (SSSR count). The third-order valence-corrected chi connectivity index (χ3v) is 2.17. The van der Waals surface area contributed by atoms with Crippen molar-refractivity contribution < 1.29 is 4.39 Å². The van der Waals surface area contributed by atoms with E-state index in [1.807, 2.05) is 4.90 Å². The first-order chi connectivity index (χ1) is 5.27. The van der Waals surface area contributed by atoms with Crippen LogP contribution in [0.2, 0.25) is 0 Å². The van der Waals surface area contributed by atoms with Gasteiger partial charge in [0, 0.05) is 32.2 Å². The molecule has 1 aliphatic rings. The van der Waals surface area contributed by atoms with Crippen LogP contribution in [0.4, 0.5) is 4.39 Å². The predicted octanol–water partition coefficient (Wildman–Crippen LogP) is -0.262. The van der Waals surface area contributed by atoms with E-state index in [0.29, 0.717) is 26.1 Å². The minimum absolute atomic E-state index is 0. The molecule has 12 heavy (non-hydrogen) atoms. The van der Waals surface area contributed by atoms with Gasteiger partial charge in [0.05, 0.1) is 0 Å². The first-order valence-electron chi connectivity index (χ1n) is 4.06. The van der Waals surface area contributed by atoms with Crippen LogP contribution in [-0.2, 0) is 0 Å². The first kappa shape index (κ1) is 12.1. The second kappa shape index (κ2) is 5.70. The number of hydrogen-bond donors (Lipinski definition) is 2. The molecule has 0 radical (unpaired) electrons. The maximum Gasteiger partial charge on any atom is 0.114 e. The first-order valence-corrected chi connectivity index (χ1v) is 4.06. The number of halogens is 2. The van der Waals surface area contributed by atoms with Crippen LogP contribution in [0, 0.1) is 0 Å². The topological polar surface area (TPSA) is 55.3 Å². The maximum atomic E-state index is 12.8. The monoisotopic (exact) mass is 197 g/mol. The molecule has 0 amide bonds. The number of nitrogens with zero attached hydrogens (tertiary/aromatic N) is 1. The quantitative estimate of drug-likeness (QED) is 0.656. The van der Waals surface area contributed by atoms with Crippen LogP contribution >= 0.6 is 12.4 Å². The molecule has 0 aliphatic carbocycles. The lowest BCUT2D eigenvalue weighted by atomic mass is 10.2. The van der Waals surface area contributed by atoms with Crippen molar-refractivity contribution in [2.45, 2.75) is 18.6 Å². The van der Waals surface area contributed by atoms with Crippen molar-refractivity contribution in [1.29, 1.82) is 0 Å². The van der Waals surface area contributed by atoms with Crippen LogP contribution in [0.1, 0.15) is 6.42 Å². The summed E-state index contributed by atoms with van der Waals surface area (Å²) in [5.74, 6) is 0. The SMILES string of the molecule is Cl.NCCN1C[C@@H](F)C[C@H]1CN. The number of alkyl halides is 1. The molecule has 5 heteroatoms. The van der Waals surface area contributed by atoms with E-state index in [0.717, 1.165) is 6.54 Å². The van der Waals surface area contributed by atoms with E-state index in [1.54, 1.807) is 0 Å². The van der Waals surface area contributed by atoms with Crippen molar-refractivity contribution in [3.8, 4) is 0 Å². The van der Waals surface area contributed by atoms with Gasteiger partial charge in [-0.15, -0.1) is 12.4 Å². The highest BCUT2D eigenvalue weighted by atomic mass is 35.5. The van der Waals surface area contributed by atoms with E-state index in [2.05, 4.69) is 0 Å². The summed E-state index contributed by atoms with van der Waals surface area (Å²) >= 11 is 0. The van der Waals surface area contributed by atoms with Gasteiger partial charge in [-0.05, 0) is 6.42 Å². The van der Waals surface area contributed by atoms with Gasteiger partial charge in [0.15, 0.2) is 0 Å². The average Bonchev–Trinajstić information content (AvgIpc) is 2.32. The molecule has 1 aliphatic heterocycles. The zero-order valence-corrected chi connectivity index (χ0v) is 7.89. The van der Waals surface area contributed by atoms with Crippen molar-refractivity contribution >= 4 is 12.4 Å². The lowest BCUT2D eigenvalue weighted by Crippen LogP contribution is -2.38. The summed E-state index contributed by atoms with van der Waals surface area (Å²) in [6.07, 6.45) is -0.119. The van der Waals surface area contributed by atoms with Gasteiger partial charge in [-0.25, -0.2) is 4.39 Å². The number of nitrogens with two attached hydrogens (primary N) is 2. The third-order valence-electron chi connectivity index (χ3n) is 2.17. The average molecular weight is 198 g/mol. The van der Waals surface area contributed by atoms with Crippen LogP contribution in [0.15, 0.2) is 0 Å². The van der Waals surface area contributed by atoms with Crippen molar-refractivity contribution in [3.05, 3.63) is 0 Å². The Balaban J connectivity index is 0.00000121. The summed E-state index contributed by atoms with van der Waals surface area (Å²) in [6, 6.07) is 0.216. The van der Waals surface area contributed by atoms with Gasteiger partial charge in [-0.3, -0.25) is 4.90 Å². The van der Waals surface area contributed by atoms with Gasteiger partial charge in [-0.1, -0.05) is 0 Å². The van der Waals surface area contributed by atoms with Gasteiger partial charge in [0.2, 0.25) is 0 Å². The lowest BCUT2D eigenvalue weighted by Gasteiger charge is -2.21. The van der Waals surface area contributed by atoms with Gasteiger partial charge in [0.25, 0.3) is 0 Å². The fraction of sp³-hybridized carbons (Fsp3) is 1.00. The standard InChI is InChI=1S/C7H16FN3.ClH/c8-6-3-7(4-10)11(5-6)2-1-9;/h6-7H,1-5,9-10H2;1H/t6-,7-;/m0./s1. The van der Waals surface area contributed by atoms with Gasteiger partial charge in [0.1, 0.15) is 6.17 Å². The van der Waals surface area contributed by atoms with Crippen LogP contribution in [0.3, 0.4) is 0 Å². The van der Waals surface area contributed by atoms with E-state index >= 15 is 0 Å². The summed E-state index contributed by atoms with van der Waals surface area (Å²) in [5, 5.41) is 0. The van der Waals surface area contributed by atoms with Gasteiger partial charge in [-0.2, -0.15) is 0 Å². The number of rotatable bonds is 3. The summed E-state index contributed by atoms with van der Waals surface area (Å²) in [4.78, 5) is 2.03. The highest BCUT2D eigenvalue weighted by Gasteiger charge is 2.29. The second-order valence-corrected chi connectivity index (χ2v) is 3.01. The van der Waals surface area contributed by atoms with E-state index in [1.165, 1.54) is 0 Å². The Bertz CT molecular complexity index is 125. The minimum Gasteiger partial charge on any atom is -0.329 e. The molecule has 0 bridgehead atoms. The van der Waals surface area contributed by atoms with Crippen LogP contribution in [-0.4, -0.2) is 43.3 Å². The fourth-order valence-electron chi connectivity index (χ4n) is 1.61. The van der Waals surface area contributed by atoms with E-state index in [-0.39, 0.29) is 18.4 Å². The molecule has 1 fully saturated rings. The molecule has 0 saturated carbocycles. The number of hydrogen-bond acceptors (Lipinski definition) is 3. The van der Waals surface area contributed by atoms with Gasteiger partial charge < -0.3 is 11.5 Å². The largest absolute Gasteiger partial charge is 0.329 e. The molecule has 1 saturated heterocycles. The zero-order chi connectivity index (χ0) is 8.27. The Morgan fingerprint density at radius 3 is 2.58 bits per heavy atom. The molecule has 4 N–H and O–H groups in total. The molecule has 74 valence electrons. The van der Waals surface area contributed by atoms with Crippen molar-refractivity contribution in [2.75, 3.05) is 26.2 Å². The van der Waals surface area contributed by atoms with Crippen molar-refractivity contribution in [1.82, 2.24) is 4.90 Å². The Hall–Kier alpha value is 0.1000. The summed E-state index contributed by atoms with van der Waals surface area (Å²) < 4.78 is 12.8. The highest BCUT2D eigenvalue weighted by Crippen LogP contribution is 2.18. The zero-order valence-electron chi connectivity index (χ0n) is 7.08. The van der Waals surface area contributed by atoms with Gasteiger partial charge >= 0.3 is 0 Å². The van der Waals surface area contributed by atoms with Crippen LogP contribution < -0.4 is 11.5 Å².